The number of amides is 2. The molecule has 2 atom stereocenters. The van der Waals surface area contributed by atoms with Crippen LogP contribution in [0, 0.1) is 11.8 Å². The van der Waals surface area contributed by atoms with Gasteiger partial charge in [0.1, 0.15) is 0 Å². The van der Waals surface area contributed by atoms with E-state index in [9.17, 15) is 9.59 Å². The Kier molecular flexibility index (Phi) is 7.72. The minimum absolute atomic E-state index is 0.0788. The smallest absolute Gasteiger partial charge is 0.253 e. The fourth-order valence-electron chi connectivity index (χ4n) is 3.18. The number of benzene rings is 1. The van der Waals surface area contributed by atoms with Crippen LogP contribution in [0.15, 0.2) is 18.2 Å². The molecule has 0 spiro atoms. The van der Waals surface area contributed by atoms with Crippen molar-refractivity contribution in [3.63, 3.8) is 0 Å². The fourth-order valence-corrected chi connectivity index (χ4v) is 3.35. The summed E-state index contributed by atoms with van der Waals surface area (Å²) in [7, 11) is 0. The van der Waals surface area contributed by atoms with Crippen molar-refractivity contribution in [2.75, 3.05) is 25.0 Å². The second kappa shape index (κ2) is 9.78. The maximum absolute atomic E-state index is 12.5. The van der Waals surface area contributed by atoms with Crippen molar-refractivity contribution in [3.05, 3.63) is 28.8 Å². The van der Waals surface area contributed by atoms with Crippen molar-refractivity contribution < 1.29 is 9.59 Å². The van der Waals surface area contributed by atoms with Crippen molar-refractivity contribution in [2.45, 2.75) is 39.5 Å². The molecule has 6 heteroatoms. The molecule has 1 aromatic carbocycles. The largest absolute Gasteiger partial charge is 0.352 e. The minimum atomic E-state index is -0.196. The average Bonchev–Trinajstić information content (AvgIpc) is 2.60. The Balaban J connectivity index is 2.01. The van der Waals surface area contributed by atoms with Crippen LogP contribution in [0.25, 0.3) is 0 Å². The van der Waals surface area contributed by atoms with Gasteiger partial charge in [0.2, 0.25) is 5.91 Å². The SMILES string of the molecule is CCCNC(=O)c1ccc(Cl)cc1NC(=O)CC(C)C1CCCNC1. The van der Waals surface area contributed by atoms with Gasteiger partial charge < -0.3 is 16.0 Å². The normalized spacial score (nSPS) is 18.4. The van der Waals surface area contributed by atoms with E-state index in [4.69, 9.17) is 11.6 Å². The van der Waals surface area contributed by atoms with Gasteiger partial charge in [-0.15, -0.1) is 0 Å². The first-order chi connectivity index (χ1) is 12.0. The van der Waals surface area contributed by atoms with Crippen molar-refractivity contribution in [1.82, 2.24) is 10.6 Å². The monoisotopic (exact) mass is 365 g/mol. The van der Waals surface area contributed by atoms with E-state index >= 15 is 0 Å². The Bertz CT molecular complexity index is 600. The Labute approximate surface area is 154 Å². The van der Waals surface area contributed by atoms with E-state index in [2.05, 4.69) is 22.9 Å². The molecule has 5 nitrogen and oxygen atoms in total. The molecule has 1 aromatic rings. The van der Waals surface area contributed by atoms with E-state index in [-0.39, 0.29) is 11.8 Å². The molecule has 0 saturated carbocycles. The first-order valence-corrected chi connectivity index (χ1v) is 9.47. The minimum Gasteiger partial charge on any atom is -0.352 e. The highest BCUT2D eigenvalue weighted by Crippen LogP contribution is 2.25. The van der Waals surface area contributed by atoms with E-state index in [1.54, 1.807) is 18.2 Å². The lowest BCUT2D eigenvalue weighted by Crippen LogP contribution is -2.34. The number of rotatable bonds is 7. The number of hydrogen-bond donors (Lipinski definition) is 3. The van der Waals surface area contributed by atoms with Crippen molar-refractivity contribution >= 4 is 29.1 Å². The number of carbonyl (C=O) groups excluding carboxylic acids is 2. The average molecular weight is 366 g/mol. The molecule has 2 rings (SSSR count). The van der Waals surface area contributed by atoms with Gasteiger partial charge >= 0.3 is 0 Å². The third-order valence-corrected chi connectivity index (χ3v) is 4.92. The van der Waals surface area contributed by atoms with Crippen LogP contribution < -0.4 is 16.0 Å². The number of nitrogens with one attached hydrogen (secondary N) is 3. The van der Waals surface area contributed by atoms with Gasteiger partial charge in [0.15, 0.2) is 0 Å². The van der Waals surface area contributed by atoms with Gasteiger partial charge in [-0.3, -0.25) is 9.59 Å². The van der Waals surface area contributed by atoms with E-state index in [0.29, 0.717) is 41.1 Å². The Hall–Kier alpha value is -1.59. The summed E-state index contributed by atoms with van der Waals surface area (Å²) in [5, 5.41) is 9.59. The van der Waals surface area contributed by atoms with Gasteiger partial charge in [-0.05, 0) is 62.4 Å². The second-order valence-corrected chi connectivity index (χ2v) is 7.22. The summed E-state index contributed by atoms with van der Waals surface area (Å²) < 4.78 is 0. The molecular weight excluding hydrogens is 338 g/mol. The van der Waals surface area contributed by atoms with E-state index in [0.717, 1.165) is 32.4 Å². The molecule has 1 fully saturated rings. The molecule has 0 bridgehead atoms. The van der Waals surface area contributed by atoms with Crippen molar-refractivity contribution in [3.8, 4) is 0 Å². The van der Waals surface area contributed by atoms with Crippen molar-refractivity contribution in [1.29, 1.82) is 0 Å². The summed E-state index contributed by atoms with van der Waals surface area (Å²) in [6.45, 7) is 6.74. The first-order valence-electron chi connectivity index (χ1n) is 9.09. The molecule has 1 heterocycles. The third-order valence-electron chi connectivity index (χ3n) is 4.68. The zero-order valence-corrected chi connectivity index (χ0v) is 15.8. The summed E-state index contributed by atoms with van der Waals surface area (Å²) in [6.07, 6.45) is 3.61. The van der Waals surface area contributed by atoms with Gasteiger partial charge in [-0.1, -0.05) is 25.4 Å². The zero-order chi connectivity index (χ0) is 18.2. The highest BCUT2D eigenvalue weighted by molar-refractivity contribution is 6.31. The Morgan fingerprint density at radius 2 is 2.20 bits per heavy atom. The predicted octanol–water partition coefficient (Wildman–Crippen LogP) is 3.44. The fraction of sp³-hybridized carbons (Fsp3) is 0.579. The topological polar surface area (TPSA) is 70.2 Å². The zero-order valence-electron chi connectivity index (χ0n) is 15.0. The van der Waals surface area contributed by atoms with Crippen LogP contribution in [-0.4, -0.2) is 31.4 Å². The molecule has 1 aliphatic heterocycles. The summed E-state index contributed by atoms with van der Waals surface area (Å²) in [5.74, 6) is 0.541. The van der Waals surface area contributed by atoms with Gasteiger partial charge in [0, 0.05) is 18.0 Å². The van der Waals surface area contributed by atoms with Gasteiger partial charge in [0.05, 0.1) is 11.3 Å². The lowest BCUT2D eigenvalue weighted by molar-refractivity contribution is -0.117. The molecule has 1 saturated heterocycles. The van der Waals surface area contributed by atoms with E-state index in [1.165, 1.54) is 0 Å². The molecule has 3 N–H and O–H groups in total. The lowest BCUT2D eigenvalue weighted by Gasteiger charge is -2.28. The molecule has 2 amide bonds. The first kappa shape index (κ1) is 19.7. The third kappa shape index (κ3) is 6.01. The summed E-state index contributed by atoms with van der Waals surface area (Å²) in [6, 6.07) is 4.94. The number of piperidine rings is 1. The molecule has 0 aliphatic carbocycles. The highest BCUT2D eigenvalue weighted by atomic mass is 35.5. The number of halogens is 1. The van der Waals surface area contributed by atoms with Crippen LogP contribution in [0.1, 0.15) is 49.9 Å². The maximum Gasteiger partial charge on any atom is 0.253 e. The van der Waals surface area contributed by atoms with Crippen LogP contribution in [0.2, 0.25) is 5.02 Å². The molecule has 0 radical (unpaired) electrons. The molecule has 0 aromatic heterocycles. The Morgan fingerprint density at radius 1 is 1.40 bits per heavy atom. The summed E-state index contributed by atoms with van der Waals surface area (Å²) in [4.78, 5) is 24.7. The van der Waals surface area contributed by atoms with E-state index in [1.807, 2.05) is 6.92 Å². The van der Waals surface area contributed by atoms with Gasteiger partial charge in [-0.25, -0.2) is 0 Å². The van der Waals surface area contributed by atoms with Crippen LogP contribution >= 0.6 is 11.6 Å². The van der Waals surface area contributed by atoms with Crippen LogP contribution in [0.5, 0.6) is 0 Å². The van der Waals surface area contributed by atoms with Crippen LogP contribution in [0.3, 0.4) is 0 Å². The number of anilines is 1. The van der Waals surface area contributed by atoms with E-state index < -0.39 is 0 Å². The van der Waals surface area contributed by atoms with Crippen LogP contribution in [0.4, 0.5) is 5.69 Å². The van der Waals surface area contributed by atoms with Gasteiger partial charge in [0.25, 0.3) is 5.91 Å². The summed E-state index contributed by atoms with van der Waals surface area (Å²) >= 11 is 6.05. The number of carbonyl (C=O) groups is 2. The lowest BCUT2D eigenvalue weighted by atomic mass is 9.85. The summed E-state index contributed by atoms with van der Waals surface area (Å²) in [5.41, 5.74) is 0.915. The quantitative estimate of drug-likeness (QED) is 0.693. The molecule has 138 valence electrons. The second-order valence-electron chi connectivity index (χ2n) is 6.78. The van der Waals surface area contributed by atoms with Crippen molar-refractivity contribution in [2.24, 2.45) is 11.8 Å². The predicted molar refractivity (Wildman–Crippen MR) is 102 cm³/mol. The number of hydrogen-bond acceptors (Lipinski definition) is 3. The standard InChI is InChI=1S/C19H28ClN3O2/c1-3-8-22-19(25)16-7-6-15(20)11-17(16)23-18(24)10-13(2)14-5-4-9-21-12-14/h6-7,11,13-14,21H,3-5,8-10,12H2,1-2H3,(H,22,25)(H,23,24). The molecule has 25 heavy (non-hydrogen) atoms. The molecule has 1 aliphatic rings. The maximum atomic E-state index is 12.5. The molecular formula is C19H28ClN3O2. The highest BCUT2D eigenvalue weighted by Gasteiger charge is 2.23. The van der Waals surface area contributed by atoms with Gasteiger partial charge in [-0.2, -0.15) is 0 Å². The Morgan fingerprint density at radius 3 is 2.88 bits per heavy atom. The molecule has 2 unspecified atom stereocenters. The van der Waals surface area contributed by atoms with Crippen LogP contribution in [-0.2, 0) is 4.79 Å².